The molecule has 1 N–H and O–H groups in total. The molecule has 0 aliphatic heterocycles. The molecular formula is C16H22N4O. The molecule has 1 unspecified atom stereocenters. The third-order valence-corrected chi connectivity index (χ3v) is 4.06. The largest absolute Gasteiger partial charge is 0.486 e. The van der Waals surface area contributed by atoms with E-state index in [0.29, 0.717) is 12.6 Å². The van der Waals surface area contributed by atoms with Crippen LogP contribution in [0.3, 0.4) is 0 Å². The Bertz CT molecular complexity index is 608. The lowest BCUT2D eigenvalue weighted by molar-refractivity contribution is 0.290. The van der Waals surface area contributed by atoms with E-state index in [0.717, 1.165) is 18.1 Å². The summed E-state index contributed by atoms with van der Waals surface area (Å²) in [6.07, 6.45) is 5.31. The standard InChI is InChI=1S/C16H22N4O/c1-3-17-15-6-4-5-12-7-8-13(9-14(12)15)21-10-16-19-18-11-20(16)2/h7-9,11,15,17H,3-6,10H2,1-2H3. The summed E-state index contributed by atoms with van der Waals surface area (Å²) < 4.78 is 7.75. The summed E-state index contributed by atoms with van der Waals surface area (Å²) in [6, 6.07) is 6.89. The molecule has 3 rings (SSSR count). The Morgan fingerprint density at radius 1 is 1.43 bits per heavy atom. The maximum Gasteiger partial charge on any atom is 0.170 e. The highest BCUT2D eigenvalue weighted by Crippen LogP contribution is 2.32. The number of hydrogen-bond acceptors (Lipinski definition) is 4. The van der Waals surface area contributed by atoms with Crippen molar-refractivity contribution in [1.29, 1.82) is 0 Å². The van der Waals surface area contributed by atoms with E-state index in [2.05, 4.69) is 40.6 Å². The van der Waals surface area contributed by atoms with Crippen molar-refractivity contribution in [1.82, 2.24) is 20.1 Å². The highest BCUT2D eigenvalue weighted by Gasteiger charge is 2.19. The van der Waals surface area contributed by atoms with Crippen LogP contribution in [0.1, 0.15) is 42.8 Å². The molecule has 1 atom stereocenters. The monoisotopic (exact) mass is 286 g/mol. The summed E-state index contributed by atoms with van der Waals surface area (Å²) in [6.45, 7) is 3.60. The van der Waals surface area contributed by atoms with Crippen molar-refractivity contribution >= 4 is 0 Å². The average Bonchev–Trinajstić information content (AvgIpc) is 2.91. The van der Waals surface area contributed by atoms with Crippen LogP contribution >= 0.6 is 0 Å². The van der Waals surface area contributed by atoms with Crippen molar-refractivity contribution in [2.75, 3.05) is 6.54 Å². The van der Waals surface area contributed by atoms with Crippen LogP contribution < -0.4 is 10.1 Å². The van der Waals surface area contributed by atoms with Crippen molar-refractivity contribution in [2.24, 2.45) is 7.05 Å². The number of nitrogens with zero attached hydrogens (tertiary/aromatic N) is 3. The Labute approximate surface area is 125 Å². The lowest BCUT2D eigenvalue weighted by atomic mass is 9.87. The molecule has 0 fully saturated rings. The van der Waals surface area contributed by atoms with Gasteiger partial charge in [-0.1, -0.05) is 13.0 Å². The Hall–Kier alpha value is -1.88. The zero-order chi connectivity index (χ0) is 14.7. The minimum atomic E-state index is 0.446. The van der Waals surface area contributed by atoms with Crippen molar-refractivity contribution in [3.8, 4) is 5.75 Å². The molecule has 2 aromatic rings. The van der Waals surface area contributed by atoms with Gasteiger partial charge in [0.1, 0.15) is 18.7 Å². The fraction of sp³-hybridized carbons (Fsp3) is 0.500. The van der Waals surface area contributed by atoms with E-state index in [-0.39, 0.29) is 0 Å². The number of rotatable bonds is 5. The van der Waals surface area contributed by atoms with Crippen LogP contribution in [0.5, 0.6) is 5.75 Å². The molecule has 5 nitrogen and oxygen atoms in total. The van der Waals surface area contributed by atoms with Gasteiger partial charge in [0.15, 0.2) is 5.82 Å². The first-order chi connectivity index (χ1) is 10.3. The molecule has 112 valence electrons. The predicted octanol–water partition coefficient (Wildman–Crippen LogP) is 2.38. The van der Waals surface area contributed by atoms with Crippen molar-refractivity contribution in [2.45, 2.75) is 38.8 Å². The van der Waals surface area contributed by atoms with Crippen LogP contribution in [0.4, 0.5) is 0 Å². The van der Waals surface area contributed by atoms with Gasteiger partial charge < -0.3 is 14.6 Å². The van der Waals surface area contributed by atoms with Crippen LogP contribution in [-0.2, 0) is 20.1 Å². The van der Waals surface area contributed by atoms with E-state index >= 15 is 0 Å². The van der Waals surface area contributed by atoms with Gasteiger partial charge in [-0.05, 0) is 49.1 Å². The Morgan fingerprint density at radius 3 is 3.10 bits per heavy atom. The summed E-state index contributed by atoms with van der Waals surface area (Å²) in [7, 11) is 1.92. The van der Waals surface area contributed by atoms with Gasteiger partial charge in [0.25, 0.3) is 0 Å². The zero-order valence-electron chi connectivity index (χ0n) is 12.7. The lowest BCUT2D eigenvalue weighted by Crippen LogP contribution is -2.24. The van der Waals surface area contributed by atoms with Crippen LogP contribution in [0, 0.1) is 0 Å². The molecule has 0 saturated heterocycles. The van der Waals surface area contributed by atoms with E-state index in [1.165, 1.54) is 30.4 Å². The molecule has 1 aromatic carbocycles. The normalized spacial score (nSPS) is 17.5. The number of fused-ring (bicyclic) bond motifs is 1. The number of benzene rings is 1. The molecule has 0 radical (unpaired) electrons. The number of aromatic nitrogens is 3. The first-order valence-corrected chi connectivity index (χ1v) is 7.60. The van der Waals surface area contributed by atoms with Crippen molar-refractivity contribution in [3.05, 3.63) is 41.5 Å². The third-order valence-electron chi connectivity index (χ3n) is 4.06. The highest BCUT2D eigenvalue weighted by molar-refractivity contribution is 5.39. The Morgan fingerprint density at radius 2 is 2.33 bits per heavy atom. The molecule has 1 heterocycles. The summed E-state index contributed by atoms with van der Waals surface area (Å²) in [4.78, 5) is 0. The van der Waals surface area contributed by atoms with Gasteiger partial charge in [-0.15, -0.1) is 10.2 Å². The van der Waals surface area contributed by atoms with Gasteiger partial charge in [0, 0.05) is 13.1 Å². The van der Waals surface area contributed by atoms with Gasteiger partial charge in [-0.2, -0.15) is 0 Å². The number of nitrogens with one attached hydrogen (secondary N) is 1. The number of ether oxygens (including phenoxy) is 1. The highest BCUT2D eigenvalue weighted by atomic mass is 16.5. The fourth-order valence-corrected chi connectivity index (χ4v) is 2.91. The molecule has 0 spiro atoms. The molecule has 5 heteroatoms. The molecule has 0 amide bonds. The second kappa shape index (κ2) is 6.26. The number of hydrogen-bond donors (Lipinski definition) is 1. The summed E-state index contributed by atoms with van der Waals surface area (Å²) in [5.74, 6) is 1.73. The van der Waals surface area contributed by atoms with Crippen molar-refractivity contribution < 1.29 is 4.74 Å². The predicted molar refractivity (Wildman–Crippen MR) is 81.1 cm³/mol. The minimum Gasteiger partial charge on any atom is -0.486 e. The van der Waals surface area contributed by atoms with E-state index < -0.39 is 0 Å². The first kappa shape index (κ1) is 14.1. The number of aryl methyl sites for hydroxylation is 2. The molecule has 0 saturated carbocycles. The van der Waals surface area contributed by atoms with Gasteiger partial charge in [-0.3, -0.25) is 0 Å². The van der Waals surface area contributed by atoms with E-state index in [9.17, 15) is 0 Å². The zero-order valence-corrected chi connectivity index (χ0v) is 12.7. The van der Waals surface area contributed by atoms with Crippen LogP contribution in [0.2, 0.25) is 0 Å². The average molecular weight is 286 g/mol. The minimum absolute atomic E-state index is 0.446. The fourth-order valence-electron chi connectivity index (χ4n) is 2.91. The van der Waals surface area contributed by atoms with E-state index in [1.54, 1.807) is 6.33 Å². The third kappa shape index (κ3) is 3.08. The van der Waals surface area contributed by atoms with E-state index in [1.807, 2.05) is 11.6 Å². The second-order valence-corrected chi connectivity index (χ2v) is 5.51. The molecule has 1 aromatic heterocycles. The van der Waals surface area contributed by atoms with E-state index in [4.69, 9.17) is 4.74 Å². The summed E-state index contributed by atoms with van der Waals surface area (Å²) in [5, 5.41) is 11.5. The second-order valence-electron chi connectivity index (χ2n) is 5.51. The van der Waals surface area contributed by atoms with Crippen LogP contribution in [0.25, 0.3) is 0 Å². The van der Waals surface area contributed by atoms with Gasteiger partial charge in [0.05, 0.1) is 0 Å². The molecule has 21 heavy (non-hydrogen) atoms. The lowest BCUT2D eigenvalue weighted by Gasteiger charge is -2.26. The van der Waals surface area contributed by atoms with Gasteiger partial charge >= 0.3 is 0 Å². The molecule has 0 bridgehead atoms. The maximum absolute atomic E-state index is 5.87. The smallest absolute Gasteiger partial charge is 0.170 e. The molecule has 1 aliphatic rings. The van der Waals surface area contributed by atoms with Crippen LogP contribution in [-0.4, -0.2) is 21.3 Å². The molecule has 1 aliphatic carbocycles. The SMILES string of the molecule is CCNC1CCCc2ccc(OCc3nncn3C)cc21. The van der Waals surface area contributed by atoms with Crippen molar-refractivity contribution in [3.63, 3.8) is 0 Å². The Balaban J connectivity index is 1.75. The summed E-state index contributed by atoms with van der Waals surface area (Å²) >= 11 is 0. The molecular weight excluding hydrogens is 264 g/mol. The quantitative estimate of drug-likeness (QED) is 0.917. The first-order valence-electron chi connectivity index (χ1n) is 7.60. The topological polar surface area (TPSA) is 52.0 Å². The van der Waals surface area contributed by atoms with Crippen LogP contribution in [0.15, 0.2) is 24.5 Å². The summed E-state index contributed by atoms with van der Waals surface area (Å²) in [5.41, 5.74) is 2.83. The maximum atomic E-state index is 5.87. The van der Waals surface area contributed by atoms with Gasteiger partial charge in [-0.25, -0.2) is 0 Å². The van der Waals surface area contributed by atoms with Gasteiger partial charge in [0.2, 0.25) is 0 Å². The Kier molecular flexibility index (Phi) is 4.20.